The Labute approximate surface area is 118 Å². The van der Waals surface area contributed by atoms with E-state index in [1.54, 1.807) is 24.3 Å². The van der Waals surface area contributed by atoms with E-state index in [0.29, 0.717) is 24.3 Å². The first-order chi connectivity index (χ1) is 9.60. The van der Waals surface area contributed by atoms with Gasteiger partial charge >= 0.3 is 0 Å². The van der Waals surface area contributed by atoms with Gasteiger partial charge in [0.15, 0.2) is 0 Å². The Balaban J connectivity index is 2.58. The van der Waals surface area contributed by atoms with Crippen molar-refractivity contribution in [2.24, 2.45) is 11.7 Å². The fraction of sp³-hybridized carbons (Fsp3) is 0.429. The Bertz CT molecular complexity index is 441. The molecule has 20 heavy (non-hydrogen) atoms. The van der Waals surface area contributed by atoms with Crippen LogP contribution in [0, 0.1) is 5.92 Å². The van der Waals surface area contributed by atoms with E-state index in [0.717, 1.165) is 0 Å². The summed E-state index contributed by atoms with van der Waals surface area (Å²) in [5, 5.41) is 5.47. The molecule has 0 heterocycles. The molecule has 0 fully saturated rings. The highest BCUT2D eigenvalue weighted by atomic mass is 16.5. The number of amides is 2. The normalized spacial score (nSPS) is 11.8. The van der Waals surface area contributed by atoms with Gasteiger partial charge in [-0.15, -0.1) is 0 Å². The first-order valence-electron chi connectivity index (χ1n) is 6.50. The standard InChI is InChI=1S/C14H21N3O3/c1-3-10(8-15)14(19)17-12-6-4-11(5-7-12)16-13(18)9-20-2/h4-7,10H,3,8-9,15H2,1-2H3,(H,16,18)(H,17,19). The third-order valence-corrected chi connectivity index (χ3v) is 2.86. The van der Waals surface area contributed by atoms with Crippen LogP contribution in [0.5, 0.6) is 0 Å². The van der Waals surface area contributed by atoms with Crippen molar-refractivity contribution in [1.82, 2.24) is 0 Å². The second-order valence-corrected chi connectivity index (χ2v) is 4.39. The summed E-state index contributed by atoms with van der Waals surface area (Å²) in [5.41, 5.74) is 6.85. The summed E-state index contributed by atoms with van der Waals surface area (Å²) < 4.78 is 4.72. The zero-order chi connectivity index (χ0) is 15.0. The molecule has 2 amide bonds. The topological polar surface area (TPSA) is 93.5 Å². The second-order valence-electron chi connectivity index (χ2n) is 4.39. The number of nitrogens with one attached hydrogen (secondary N) is 2. The van der Waals surface area contributed by atoms with E-state index in [2.05, 4.69) is 10.6 Å². The highest BCUT2D eigenvalue weighted by Gasteiger charge is 2.14. The Morgan fingerprint density at radius 3 is 2.20 bits per heavy atom. The maximum absolute atomic E-state index is 11.8. The minimum absolute atomic E-state index is 0.00711. The van der Waals surface area contributed by atoms with E-state index < -0.39 is 0 Å². The minimum atomic E-state index is -0.224. The average molecular weight is 279 g/mol. The van der Waals surface area contributed by atoms with Crippen LogP contribution < -0.4 is 16.4 Å². The summed E-state index contributed by atoms with van der Waals surface area (Å²) in [7, 11) is 1.46. The molecule has 0 bridgehead atoms. The average Bonchev–Trinajstić information content (AvgIpc) is 2.42. The molecule has 1 unspecified atom stereocenters. The third kappa shape index (κ3) is 4.99. The van der Waals surface area contributed by atoms with Crippen LogP contribution in [0.2, 0.25) is 0 Å². The summed E-state index contributed by atoms with van der Waals surface area (Å²) in [5.74, 6) is -0.499. The number of hydrogen-bond donors (Lipinski definition) is 3. The maximum atomic E-state index is 11.8. The highest BCUT2D eigenvalue weighted by molar-refractivity contribution is 5.94. The molecule has 1 aromatic rings. The van der Waals surface area contributed by atoms with Crippen LogP contribution in [-0.4, -0.2) is 32.1 Å². The number of carbonyl (C=O) groups is 2. The van der Waals surface area contributed by atoms with Crippen molar-refractivity contribution in [3.63, 3.8) is 0 Å². The third-order valence-electron chi connectivity index (χ3n) is 2.86. The van der Waals surface area contributed by atoms with Gasteiger partial charge in [-0.1, -0.05) is 6.92 Å². The van der Waals surface area contributed by atoms with Crippen molar-refractivity contribution in [2.75, 3.05) is 30.9 Å². The van der Waals surface area contributed by atoms with Gasteiger partial charge in [0.25, 0.3) is 0 Å². The van der Waals surface area contributed by atoms with E-state index in [9.17, 15) is 9.59 Å². The van der Waals surface area contributed by atoms with Gasteiger partial charge in [-0.25, -0.2) is 0 Å². The highest BCUT2D eigenvalue weighted by Crippen LogP contribution is 2.15. The Hall–Kier alpha value is -1.92. The first kappa shape index (κ1) is 16.1. The zero-order valence-electron chi connectivity index (χ0n) is 11.8. The molecule has 6 heteroatoms. The van der Waals surface area contributed by atoms with Crippen molar-refractivity contribution < 1.29 is 14.3 Å². The Morgan fingerprint density at radius 2 is 1.75 bits per heavy atom. The number of carbonyl (C=O) groups excluding carboxylic acids is 2. The number of nitrogens with two attached hydrogens (primary N) is 1. The fourth-order valence-electron chi connectivity index (χ4n) is 1.67. The zero-order valence-corrected chi connectivity index (χ0v) is 11.8. The number of benzene rings is 1. The molecule has 0 aromatic heterocycles. The number of rotatable bonds is 7. The lowest BCUT2D eigenvalue weighted by Crippen LogP contribution is -2.28. The lowest BCUT2D eigenvalue weighted by atomic mass is 10.1. The number of ether oxygens (including phenoxy) is 1. The Morgan fingerprint density at radius 1 is 1.20 bits per heavy atom. The number of hydrogen-bond acceptors (Lipinski definition) is 4. The molecule has 0 saturated heterocycles. The maximum Gasteiger partial charge on any atom is 0.250 e. The van der Waals surface area contributed by atoms with Gasteiger partial charge < -0.3 is 21.1 Å². The lowest BCUT2D eigenvalue weighted by molar-refractivity contribution is -0.120. The van der Waals surface area contributed by atoms with Crippen molar-refractivity contribution in [1.29, 1.82) is 0 Å². The molecular weight excluding hydrogens is 258 g/mol. The monoisotopic (exact) mass is 279 g/mol. The molecular formula is C14H21N3O3. The molecule has 1 aromatic carbocycles. The van der Waals surface area contributed by atoms with E-state index in [1.165, 1.54) is 7.11 Å². The summed E-state index contributed by atoms with van der Waals surface area (Å²) in [6, 6.07) is 6.88. The molecule has 0 aliphatic carbocycles. The van der Waals surface area contributed by atoms with E-state index >= 15 is 0 Å². The molecule has 6 nitrogen and oxygen atoms in total. The second kappa shape index (κ2) is 8.29. The van der Waals surface area contributed by atoms with E-state index in [4.69, 9.17) is 10.5 Å². The SMILES string of the molecule is CCC(CN)C(=O)Nc1ccc(NC(=O)COC)cc1. The Kier molecular flexibility index (Phi) is 6.69. The van der Waals surface area contributed by atoms with E-state index in [1.807, 2.05) is 6.92 Å². The lowest BCUT2D eigenvalue weighted by Gasteiger charge is -2.13. The van der Waals surface area contributed by atoms with Crippen LogP contribution in [0.25, 0.3) is 0 Å². The van der Waals surface area contributed by atoms with Crippen LogP contribution in [0.15, 0.2) is 24.3 Å². The van der Waals surface area contributed by atoms with Gasteiger partial charge in [0.05, 0.1) is 5.92 Å². The van der Waals surface area contributed by atoms with Crippen LogP contribution in [0.1, 0.15) is 13.3 Å². The molecule has 0 aliphatic rings. The van der Waals surface area contributed by atoms with Gasteiger partial charge in [-0.05, 0) is 30.7 Å². The van der Waals surface area contributed by atoms with Gasteiger partial charge in [0.2, 0.25) is 11.8 Å². The largest absolute Gasteiger partial charge is 0.375 e. The van der Waals surface area contributed by atoms with Crippen molar-refractivity contribution >= 4 is 23.2 Å². The predicted octanol–water partition coefficient (Wildman–Crippen LogP) is 1.19. The number of methoxy groups -OCH3 is 1. The summed E-state index contributed by atoms with van der Waals surface area (Å²) in [4.78, 5) is 23.2. The minimum Gasteiger partial charge on any atom is -0.375 e. The molecule has 0 spiro atoms. The van der Waals surface area contributed by atoms with E-state index in [-0.39, 0.29) is 24.3 Å². The molecule has 0 radical (unpaired) electrons. The van der Waals surface area contributed by atoms with Gasteiger partial charge in [0.1, 0.15) is 6.61 Å². The van der Waals surface area contributed by atoms with Crippen molar-refractivity contribution in [2.45, 2.75) is 13.3 Å². The molecule has 110 valence electrons. The van der Waals surface area contributed by atoms with Crippen LogP contribution in [-0.2, 0) is 14.3 Å². The van der Waals surface area contributed by atoms with Crippen LogP contribution in [0.4, 0.5) is 11.4 Å². The molecule has 0 aliphatic heterocycles. The molecule has 1 atom stereocenters. The number of anilines is 2. The van der Waals surface area contributed by atoms with Crippen molar-refractivity contribution in [3.8, 4) is 0 Å². The smallest absolute Gasteiger partial charge is 0.250 e. The molecule has 4 N–H and O–H groups in total. The molecule has 1 rings (SSSR count). The van der Waals surface area contributed by atoms with Gasteiger partial charge in [-0.2, -0.15) is 0 Å². The summed E-state index contributed by atoms with van der Waals surface area (Å²) >= 11 is 0. The summed E-state index contributed by atoms with van der Waals surface area (Å²) in [6.07, 6.45) is 0.702. The first-order valence-corrected chi connectivity index (χ1v) is 6.50. The van der Waals surface area contributed by atoms with Crippen LogP contribution >= 0.6 is 0 Å². The molecule has 0 saturated carbocycles. The van der Waals surface area contributed by atoms with Gasteiger partial charge in [-0.3, -0.25) is 9.59 Å². The van der Waals surface area contributed by atoms with Crippen molar-refractivity contribution in [3.05, 3.63) is 24.3 Å². The summed E-state index contributed by atoms with van der Waals surface area (Å²) in [6.45, 7) is 2.26. The predicted molar refractivity (Wildman–Crippen MR) is 78.4 cm³/mol. The van der Waals surface area contributed by atoms with Gasteiger partial charge in [0, 0.05) is 25.0 Å². The quantitative estimate of drug-likeness (QED) is 0.699. The fourth-order valence-corrected chi connectivity index (χ4v) is 1.67. The van der Waals surface area contributed by atoms with Crippen LogP contribution in [0.3, 0.4) is 0 Å².